The minimum atomic E-state index is -0.380. The van der Waals surface area contributed by atoms with Crippen LogP contribution in [0.15, 0.2) is 42.1 Å². The molecule has 3 unspecified atom stereocenters. The Balaban J connectivity index is 1.19. The van der Waals surface area contributed by atoms with E-state index in [1.54, 1.807) is 0 Å². The summed E-state index contributed by atoms with van der Waals surface area (Å²) in [5, 5.41) is 13.1. The first-order valence-electron chi connectivity index (χ1n) is 13.2. The number of benzene rings is 1. The molecule has 1 N–H and O–H groups in total. The zero-order valence-corrected chi connectivity index (χ0v) is 20.4. The number of nitriles is 1. The summed E-state index contributed by atoms with van der Waals surface area (Å²) in [5.74, 6) is 0.725. The predicted molar refractivity (Wildman–Crippen MR) is 132 cm³/mol. The molecule has 190 valence electrons. The van der Waals surface area contributed by atoms with Crippen LogP contribution in [0, 0.1) is 17.2 Å². The van der Waals surface area contributed by atoms with Crippen LogP contribution in [0.5, 0.6) is 5.75 Å². The highest BCUT2D eigenvalue weighted by atomic mass is 16.7. The largest absolute Gasteiger partial charge is 0.486 e. The number of rotatable bonds is 6. The van der Waals surface area contributed by atoms with E-state index in [0.29, 0.717) is 26.0 Å². The van der Waals surface area contributed by atoms with E-state index in [2.05, 4.69) is 40.6 Å². The van der Waals surface area contributed by atoms with Crippen LogP contribution in [0.25, 0.3) is 0 Å². The average Bonchev–Trinajstić information content (AvgIpc) is 3.15. The molecule has 1 aromatic rings. The lowest BCUT2D eigenvalue weighted by molar-refractivity contribution is -0.143. The lowest BCUT2D eigenvalue weighted by atomic mass is 9.81. The van der Waals surface area contributed by atoms with Crippen molar-refractivity contribution >= 4 is 11.8 Å². The summed E-state index contributed by atoms with van der Waals surface area (Å²) >= 11 is 0. The fourth-order valence-corrected chi connectivity index (χ4v) is 5.79. The Labute approximate surface area is 211 Å². The third-order valence-corrected chi connectivity index (χ3v) is 8.11. The molecule has 0 bridgehead atoms. The van der Waals surface area contributed by atoms with E-state index in [1.807, 2.05) is 12.1 Å². The summed E-state index contributed by atoms with van der Waals surface area (Å²) in [6, 6.07) is 9.20. The monoisotopic (exact) mass is 491 g/mol. The van der Waals surface area contributed by atoms with Crippen molar-refractivity contribution in [1.82, 2.24) is 5.32 Å². The van der Waals surface area contributed by atoms with Gasteiger partial charge in [0.1, 0.15) is 24.8 Å². The Morgan fingerprint density at radius 1 is 1.11 bits per heavy atom. The number of amides is 1. The van der Waals surface area contributed by atoms with Gasteiger partial charge < -0.3 is 23.8 Å². The fourth-order valence-electron chi connectivity index (χ4n) is 5.79. The maximum absolute atomic E-state index is 12.2. The SMILES string of the molecule is N#CC1c2ccc(OC3COCOC3)cc2N(C2CCC2)C1C1C=CC(NC(=O)OC2CCC2)=CC1. The van der Waals surface area contributed by atoms with Gasteiger partial charge >= 0.3 is 6.09 Å². The van der Waals surface area contributed by atoms with E-state index in [4.69, 9.17) is 18.9 Å². The number of hydrogen-bond acceptors (Lipinski definition) is 7. The molecule has 8 heteroatoms. The summed E-state index contributed by atoms with van der Waals surface area (Å²) in [6.07, 6.45) is 13.0. The quantitative estimate of drug-likeness (QED) is 0.625. The highest BCUT2D eigenvalue weighted by Crippen LogP contribution is 2.50. The minimum absolute atomic E-state index is 0.0443. The van der Waals surface area contributed by atoms with Gasteiger partial charge in [0.25, 0.3) is 0 Å². The van der Waals surface area contributed by atoms with Gasteiger partial charge in [-0.2, -0.15) is 5.26 Å². The maximum atomic E-state index is 12.2. The van der Waals surface area contributed by atoms with Gasteiger partial charge in [0.15, 0.2) is 0 Å². The number of allylic oxidation sites excluding steroid dienone is 2. The van der Waals surface area contributed by atoms with E-state index >= 15 is 0 Å². The van der Waals surface area contributed by atoms with Crippen LogP contribution in [0.1, 0.15) is 56.4 Å². The Hall–Kier alpha value is -3.02. The molecule has 2 aliphatic heterocycles. The summed E-state index contributed by atoms with van der Waals surface area (Å²) in [4.78, 5) is 14.7. The molecule has 3 fully saturated rings. The van der Waals surface area contributed by atoms with Crippen molar-refractivity contribution in [2.45, 2.75) is 75.2 Å². The van der Waals surface area contributed by atoms with Crippen LogP contribution >= 0.6 is 0 Å². The smallest absolute Gasteiger partial charge is 0.411 e. The molecule has 36 heavy (non-hydrogen) atoms. The number of nitrogens with one attached hydrogen (secondary N) is 1. The summed E-state index contributed by atoms with van der Waals surface area (Å²) in [6.45, 7) is 1.33. The molecule has 2 heterocycles. The van der Waals surface area contributed by atoms with Crippen LogP contribution in [0.2, 0.25) is 0 Å². The van der Waals surface area contributed by atoms with Gasteiger partial charge in [0.05, 0.1) is 31.2 Å². The maximum Gasteiger partial charge on any atom is 0.411 e. The highest BCUT2D eigenvalue weighted by molar-refractivity contribution is 5.71. The molecule has 5 aliphatic rings. The zero-order chi connectivity index (χ0) is 24.5. The summed E-state index contributed by atoms with van der Waals surface area (Å²) in [7, 11) is 0. The molecular weight excluding hydrogens is 458 g/mol. The fraction of sp³-hybridized carbons (Fsp3) is 0.571. The van der Waals surface area contributed by atoms with Crippen molar-refractivity contribution in [3.8, 4) is 11.8 Å². The molecule has 1 saturated heterocycles. The standard InChI is InChI=1S/C28H33N3O5/c29-14-25-24-12-11-22(35-23-15-33-17-34-16-23)13-26(24)31(20-3-1-4-20)27(25)18-7-9-19(10-8-18)30-28(32)36-21-5-2-6-21/h7,9-13,18,20-21,23,25,27H,1-6,8,15-17H2,(H,30,32). The molecular formula is C28H33N3O5. The van der Waals surface area contributed by atoms with Gasteiger partial charge in [-0.15, -0.1) is 0 Å². The van der Waals surface area contributed by atoms with Crippen molar-refractivity contribution in [3.63, 3.8) is 0 Å². The van der Waals surface area contributed by atoms with E-state index in [0.717, 1.165) is 61.2 Å². The number of alkyl carbamates (subject to hydrolysis) is 1. The van der Waals surface area contributed by atoms with E-state index in [1.165, 1.54) is 6.42 Å². The van der Waals surface area contributed by atoms with Crippen molar-refractivity contribution in [3.05, 3.63) is 47.7 Å². The second-order valence-electron chi connectivity index (χ2n) is 10.4. The summed E-state index contributed by atoms with van der Waals surface area (Å²) in [5.41, 5.74) is 2.95. The molecule has 3 aliphatic carbocycles. The predicted octanol–water partition coefficient (Wildman–Crippen LogP) is 4.53. The lowest BCUT2D eigenvalue weighted by Crippen LogP contribution is -2.49. The molecule has 0 radical (unpaired) electrons. The number of carbonyl (C=O) groups excluding carboxylic acids is 1. The van der Waals surface area contributed by atoms with Crippen LogP contribution in [-0.4, -0.2) is 50.4 Å². The highest BCUT2D eigenvalue weighted by Gasteiger charge is 2.46. The molecule has 1 amide bonds. The molecule has 8 nitrogen and oxygen atoms in total. The Morgan fingerprint density at radius 2 is 1.92 bits per heavy atom. The number of nitrogens with zero attached hydrogens (tertiary/aromatic N) is 2. The van der Waals surface area contributed by atoms with Gasteiger partial charge in [-0.3, -0.25) is 5.32 Å². The number of ether oxygens (including phenoxy) is 4. The Bertz CT molecular complexity index is 1080. The molecule has 0 spiro atoms. The average molecular weight is 492 g/mol. The molecule has 0 aromatic heterocycles. The second-order valence-corrected chi connectivity index (χ2v) is 10.4. The summed E-state index contributed by atoms with van der Waals surface area (Å²) < 4.78 is 22.3. The first kappa shape index (κ1) is 23.4. The van der Waals surface area contributed by atoms with Gasteiger partial charge in [-0.05, 0) is 62.7 Å². The number of hydrogen-bond donors (Lipinski definition) is 1. The number of carbonyl (C=O) groups is 1. The molecule has 1 aromatic carbocycles. The molecule has 6 rings (SSSR count). The zero-order valence-electron chi connectivity index (χ0n) is 20.4. The van der Waals surface area contributed by atoms with Crippen molar-refractivity contribution in [2.24, 2.45) is 5.92 Å². The van der Waals surface area contributed by atoms with Crippen molar-refractivity contribution in [2.75, 3.05) is 24.9 Å². The van der Waals surface area contributed by atoms with Crippen LogP contribution in [-0.2, 0) is 14.2 Å². The normalized spacial score (nSPS) is 28.4. The number of anilines is 1. The first-order chi connectivity index (χ1) is 17.7. The van der Waals surface area contributed by atoms with Gasteiger partial charge in [-0.25, -0.2) is 4.79 Å². The van der Waals surface area contributed by atoms with Gasteiger partial charge in [0, 0.05) is 29.4 Å². The topological polar surface area (TPSA) is 93.0 Å². The number of fused-ring (bicyclic) bond motifs is 1. The van der Waals surface area contributed by atoms with Crippen molar-refractivity contribution in [1.29, 1.82) is 5.26 Å². The minimum Gasteiger partial charge on any atom is -0.486 e. The van der Waals surface area contributed by atoms with Gasteiger partial charge in [0.2, 0.25) is 0 Å². The Morgan fingerprint density at radius 3 is 2.56 bits per heavy atom. The Kier molecular flexibility index (Phi) is 6.60. The first-order valence-corrected chi connectivity index (χ1v) is 13.2. The molecule has 3 atom stereocenters. The van der Waals surface area contributed by atoms with Crippen LogP contribution in [0.3, 0.4) is 0 Å². The van der Waals surface area contributed by atoms with Gasteiger partial charge in [-0.1, -0.05) is 18.2 Å². The third-order valence-electron chi connectivity index (χ3n) is 8.11. The van der Waals surface area contributed by atoms with Crippen LogP contribution < -0.4 is 15.0 Å². The lowest BCUT2D eigenvalue weighted by Gasteiger charge is -2.44. The second kappa shape index (κ2) is 10.2. The van der Waals surface area contributed by atoms with E-state index < -0.39 is 0 Å². The van der Waals surface area contributed by atoms with E-state index in [9.17, 15) is 10.1 Å². The van der Waals surface area contributed by atoms with E-state index in [-0.39, 0.29) is 36.2 Å². The van der Waals surface area contributed by atoms with Crippen molar-refractivity contribution < 1.29 is 23.7 Å². The molecule has 2 saturated carbocycles. The third kappa shape index (κ3) is 4.58. The van der Waals surface area contributed by atoms with Crippen LogP contribution in [0.4, 0.5) is 10.5 Å².